The quantitative estimate of drug-likeness (QED) is 0.640. The molecule has 0 aliphatic rings. The molecule has 1 heterocycles. The van der Waals surface area contributed by atoms with Crippen molar-refractivity contribution in [1.82, 2.24) is 4.57 Å². The van der Waals surface area contributed by atoms with Gasteiger partial charge < -0.3 is 4.57 Å². The first-order chi connectivity index (χ1) is 9.29. The van der Waals surface area contributed by atoms with Gasteiger partial charge >= 0.3 is 0 Å². The molecule has 2 aromatic carbocycles. The molecule has 0 aliphatic carbocycles. The summed E-state index contributed by atoms with van der Waals surface area (Å²) in [6.07, 6.45) is 3.25. The molecule has 0 radical (unpaired) electrons. The highest BCUT2D eigenvalue weighted by molar-refractivity contribution is 9.10. The number of fused-ring (bicyclic) bond motifs is 1. The minimum absolute atomic E-state index is 0.905. The van der Waals surface area contributed by atoms with E-state index in [2.05, 4.69) is 82.1 Å². The smallest absolute Gasteiger partial charge is 0.0515 e. The number of benzene rings is 2. The molecule has 96 valence electrons. The lowest BCUT2D eigenvalue weighted by molar-refractivity contribution is 0.828. The normalized spacial score (nSPS) is 11.1. The van der Waals surface area contributed by atoms with E-state index in [-0.39, 0.29) is 0 Å². The van der Waals surface area contributed by atoms with Gasteiger partial charge in [-0.25, -0.2) is 0 Å². The Morgan fingerprint density at radius 3 is 2.53 bits per heavy atom. The fourth-order valence-electron chi connectivity index (χ4n) is 2.57. The summed E-state index contributed by atoms with van der Waals surface area (Å²) in [5, 5.41) is 1.33. The lowest BCUT2D eigenvalue weighted by atomic mass is 10.1. The Balaban J connectivity index is 2.09. The first kappa shape index (κ1) is 12.5. The molecule has 0 saturated heterocycles. The van der Waals surface area contributed by atoms with Crippen molar-refractivity contribution in [1.29, 1.82) is 0 Å². The van der Waals surface area contributed by atoms with Crippen molar-refractivity contribution in [3.63, 3.8) is 0 Å². The summed E-state index contributed by atoms with van der Waals surface area (Å²) in [7, 11) is 0. The summed E-state index contributed by atoms with van der Waals surface area (Å²) in [4.78, 5) is 0. The van der Waals surface area contributed by atoms with Crippen LogP contribution in [0.1, 0.15) is 18.1 Å². The Morgan fingerprint density at radius 2 is 1.74 bits per heavy atom. The predicted octanol–water partition coefficient (Wildman–Crippen LogP) is 5.01. The lowest BCUT2D eigenvalue weighted by Crippen LogP contribution is -2.00. The number of nitrogens with zero attached hydrogens (tertiary/aromatic N) is 1. The molecule has 0 N–H and O–H groups in total. The van der Waals surface area contributed by atoms with Gasteiger partial charge in [-0.2, -0.15) is 0 Å². The van der Waals surface area contributed by atoms with E-state index in [0.29, 0.717) is 0 Å². The van der Waals surface area contributed by atoms with Crippen LogP contribution in [0.4, 0.5) is 0 Å². The molecule has 0 aliphatic heterocycles. The molecule has 19 heavy (non-hydrogen) atoms. The highest BCUT2D eigenvalue weighted by Crippen LogP contribution is 2.24. The highest BCUT2D eigenvalue weighted by atomic mass is 79.9. The molecule has 0 atom stereocenters. The van der Waals surface area contributed by atoms with E-state index in [9.17, 15) is 0 Å². The fraction of sp³-hybridized carbons (Fsp3) is 0.176. The Labute approximate surface area is 122 Å². The predicted molar refractivity (Wildman–Crippen MR) is 84.6 cm³/mol. The molecular weight excluding hydrogens is 298 g/mol. The van der Waals surface area contributed by atoms with Crippen LogP contribution in [0.2, 0.25) is 0 Å². The minimum atomic E-state index is 0.905. The van der Waals surface area contributed by atoms with Gasteiger partial charge in [-0.3, -0.25) is 0 Å². The molecule has 2 heteroatoms. The van der Waals surface area contributed by atoms with Crippen molar-refractivity contribution >= 4 is 26.8 Å². The second-order valence-electron chi connectivity index (χ2n) is 4.74. The zero-order valence-corrected chi connectivity index (χ0v) is 12.5. The van der Waals surface area contributed by atoms with Gasteiger partial charge in [-0.15, -0.1) is 0 Å². The van der Waals surface area contributed by atoms with Crippen molar-refractivity contribution in [2.45, 2.75) is 19.9 Å². The molecular formula is C17H16BrN. The van der Waals surface area contributed by atoms with E-state index in [1.54, 1.807) is 0 Å². The van der Waals surface area contributed by atoms with Crippen LogP contribution >= 0.6 is 15.9 Å². The van der Waals surface area contributed by atoms with E-state index in [0.717, 1.165) is 13.0 Å². The van der Waals surface area contributed by atoms with Gasteiger partial charge in [0.2, 0.25) is 0 Å². The Kier molecular flexibility index (Phi) is 3.43. The van der Waals surface area contributed by atoms with Crippen molar-refractivity contribution in [2.24, 2.45) is 0 Å². The maximum Gasteiger partial charge on any atom is 0.0515 e. The van der Waals surface area contributed by atoms with E-state index in [1.807, 2.05) is 0 Å². The molecule has 1 nitrogen and oxygen atoms in total. The third-order valence-corrected chi connectivity index (χ3v) is 4.33. The molecule has 0 bridgehead atoms. The maximum atomic E-state index is 3.63. The fourth-order valence-corrected chi connectivity index (χ4v) is 2.98. The lowest BCUT2D eigenvalue weighted by Gasteiger charge is -2.10. The average molecular weight is 314 g/mol. The van der Waals surface area contributed by atoms with Gasteiger partial charge in [-0.1, -0.05) is 59.3 Å². The summed E-state index contributed by atoms with van der Waals surface area (Å²) in [5.74, 6) is 0. The molecule has 0 saturated carbocycles. The third kappa shape index (κ3) is 2.33. The van der Waals surface area contributed by atoms with Crippen molar-refractivity contribution in [2.75, 3.05) is 0 Å². The number of aryl methyl sites for hydroxylation is 1. The van der Waals surface area contributed by atoms with E-state index in [1.165, 1.54) is 26.5 Å². The van der Waals surface area contributed by atoms with E-state index >= 15 is 0 Å². The van der Waals surface area contributed by atoms with Crippen LogP contribution in [0.5, 0.6) is 0 Å². The van der Waals surface area contributed by atoms with Crippen molar-refractivity contribution < 1.29 is 0 Å². The number of hydrogen-bond donors (Lipinski definition) is 0. The van der Waals surface area contributed by atoms with Gasteiger partial charge in [-0.05, 0) is 35.1 Å². The molecule has 3 rings (SSSR count). The topological polar surface area (TPSA) is 4.93 Å². The van der Waals surface area contributed by atoms with Gasteiger partial charge in [0, 0.05) is 17.2 Å². The Bertz CT molecular complexity index is 712. The number of hydrogen-bond acceptors (Lipinski definition) is 0. The van der Waals surface area contributed by atoms with Crippen LogP contribution in [0.25, 0.3) is 10.9 Å². The molecule has 0 spiro atoms. The van der Waals surface area contributed by atoms with Crippen LogP contribution < -0.4 is 0 Å². The third-order valence-electron chi connectivity index (χ3n) is 3.55. The molecule has 3 aromatic rings. The van der Waals surface area contributed by atoms with Crippen LogP contribution in [0.15, 0.2) is 59.2 Å². The van der Waals surface area contributed by atoms with E-state index < -0.39 is 0 Å². The zero-order valence-electron chi connectivity index (χ0n) is 10.9. The highest BCUT2D eigenvalue weighted by Gasteiger charge is 2.07. The zero-order chi connectivity index (χ0) is 13.2. The largest absolute Gasteiger partial charge is 0.343 e. The first-order valence-corrected chi connectivity index (χ1v) is 7.39. The molecule has 0 amide bonds. The van der Waals surface area contributed by atoms with Crippen molar-refractivity contribution in [3.05, 3.63) is 70.3 Å². The summed E-state index contributed by atoms with van der Waals surface area (Å²) in [6, 6.07) is 17.2. The molecule has 1 aromatic heterocycles. The van der Waals surface area contributed by atoms with Crippen molar-refractivity contribution in [3.8, 4) is 0 Å². The second-order valence-corrected chi connectivity index (χ2v) is 5.60. The van der Waals surface area contributed by atoms with Gasteiger partial charge in [0.15, 0.2) is 0 Å². The van der Waals surface area contributed by atoms with E-state index in [4.69, 9.17) is 0 Å². The minimum Gasteiger partial charge on any atom is -0.343 e. The van der Waals surface area contributed by atoms with Gasteiger partial charge in [0.25, 0.3) is 0 Å². The summed E-state index contributed by atoms with van der Waals surface area (Å²) in [5.41, 5.74) is 4.08. The number of rotatable bonds is 3. The number of halogens is 1. The first-order valence-electron chi connectivity index (χ1n) is 6.59. The summed E-state index contributed by atoms with van der Waals surface area (Å²) < 4.78 is 3.51. The van der Waals surface area contributed by atoms with Crippen LogP contribution in [0, 0.1) is 0 Å². The Morgan fingerprint density at radius 1 is 0.947 bits per heavy atom. The number of aromatic nitrogens is 1. The SMILES string of the molecule is CCc1cccc2ccn(Cc3ccccc3Br)c12. The molecule has 0 unspecified atom stereocenters. The average Bonchev–Trinajstić information content (AvgIpc) is 2.85. The summed E-state index contributed by atoms with van der Waals surface area (Å²) >= 11 is 3.63. The van der Waals surface area contributed by atoms with Crippen LogP contribution in [-0.4, -0.2) is 4.57 Å². The second kappa shape index (κ2) is 5.22. The maximum absolute atomic E-state index is 3.63. The van der Waals surface area contributed by atoms with Crippen LogP contribution in [-0.2, 0) is 13.0 Å². The monoisotopic (exact) mass is 313 g/mol. The summed E-state index contributed by atoms with van der Waals surface area (Å²) in [6.45, 7) is 3.12. The Hall–Kier alpha value is -1.54. The van der Waals surface area contributed by atoms with Gasteiger partial charge in [0.1, 0.15) is 0 Å². The standard InChI is InChI=1S/C17H16BrN/c1-2-13-7-5-8-14-10-11-19(17(13)14)12-15-6-3-4-9-16(15)18/h3-11H,2,12H2,1H3. The molecule has 0 fully saturated rings. The van der Waals surface area contributed by atoms with Gasteiger partial charge in [0.05, 0.1) is 5.52 Å². The number of para-hydroxylation sites is 1. The van der Waals surface area contributed by atoms with Crippen LogP contribution in [0.3, 0.4) is 0 Å².